The number of benzene rings is 2. The summed E-state index contributed by atoms with van der Waals surface area (Å²) in [5, 5.41) is 7.97. The largest absolute Gasteiger partial charge is 0.369 e. The van der Waals surface area contributed by atoms with E-state index in [2.05, 4.69) is 85.6 Å². The Morgan fingerprint density at radius 2 is 1.67 bits per heavy atom. The fraction of sp³-hybridized carbons (Fsp3) is 0.286. The molecule has 0 radical (unpaired) electrons. The number of thiocarbonyl (C=S) groups is 1. The maximum absolute atomic E-state index is 11.4. The third kappa shape index (κ3) is 5.35. The second-order valence-electron chi connectivity index (χ2n) is 7.15. The summed E-state index contributed by atoms with van der Waals surface area (Å²) in [6.45, 7) is 6.78. The van der Waals surface area contributed by atoms with Crippen molar-refractivity contribution >= 4 is 55.8 Å². The minimum Gasteiger partial charge on any atom is -0.369 e. The first-order valence-corrected chi connectivity index (χ1v) is 10.8. The van der Waals surface area contributed by atoms with Gasteiger partial charge in [0.25, 0.3) is 11.1 Å². The number of aromatic nitrogens is 2. The van der Waals surface area contributed by atoms with Gasteiger partial charge in [-0.05, 0) is 55.9 Å². The van der Waals surface area contributed by atoms with E-state index in [-0.39, 0.29) is 11.1 Å². The number of aromatic amines is 2. The molecule has 0 bridgehead atoms. The van der Waals surface area contributed by atoms with Crippen molar-refractivity contribution in [3.05, 3.63) is 67.1 Å². The van der Waals surface area contributed by atoms with Crippen LogP contribution in [0.2, 0.25) is 0 Å². The van der Waals surface area contributed by atoms with Crippen molar-refractivity contribution in [3.8, 4) is 0 Å². The zero-order chi connectivity index (χ0) is 21.7. The van der Waals surface area contributed by atoms with Gasteiger partial charge in [0.2, 0.25) is 0 Å². The molecule has 0 atom stereocenters. The lowest BCUT2D eigenvalue weighted by atomic mass is 10.1. The van der Waals surface area contributed by atoms with Crippen LogP contribution < -0.4 is 21.3 Å². The predicted octanol–water partition coefficient (Wildman–Crippen LogP) is 3.09. The van der Waals surface area contributed by atoms with Gasteiger partial charge in [-0.15, -0.1) is 0 Å². The van der Waals surface area contributed by atoms with Crippen LogP contribution in [0.3, 0.4) is 0 Å². The van der Waals surface area contributed by atoms with Gasteiger partial charge >= 0.3 is 0 Å². The highest BCUT2D eigenvalue weighted by atomic mass is 79.9. The zero-order valence-corrected chi connectivity index (χ0v) is 19.3. The summed E-state index contributed by atoms with van der Waals surface area (Å²) >= 11 is 8.13. The van der Waals surface area contributed by atoms with Gasteiger partial charge in [0.1, 0.15) is 0 Å². The number of fused-ring (bicyclic) bond motifs is 1. The molecule has 3 aromatic rings. The molecule has 1 aliphatic rings. The summed E-state index contributed by atoms with van der Waals surface area (Å²) in [5.41, 5.74) is 4.09. The highest BCUT2D eigenvalue weighted by molar-refractivity contribution is 9.10. The van der Waals surface area contributed by atoms with Crippen LogP contribution >= 0.6 is 28.1 Å². The van der Waals surface area contributed by atoms with Gasteiger partial charge < -0.3 is 15.1 Å². The van der Waals surface area contributed by atoms with Gasteiger partial charge in [-0.2, -0.15) is 0 Å². The maximum atomic E-state index is 11.4. The van der Waals surface area contributed by atoms with Crippen LogP contribution in [0, 0.1) is 6.92 Å². The van der Waals surface area contributed by atoms with E-state index in [1.165, 1.54) is 16.7 Å². The summed E-state index contributed by atoms with van der Waals surface area (Å²) in [4.78, 5) is 27.6. The molecule has 0 aliphatic carbocycles. The number of nitrogens with zero attached hydrogens (tertiary/aromatic N) is 2. The third-order valence-electron chi connectivity index (χ3n) is 5.03. The summed E-state index contributed by atoms with van der Waals surface area (Å²) < 4.78 is 1.16. The molecule has 158 valence electrons. The molecule has 1 aromatic heterocycles. The van der Waals surface area contributed by atoms with Gasteiger partial charge in [-0.1, -0.05) is 28.1 Å². The van der Waals surface area contributed by atoms with E-state index in [0.717, 1.165) is 30.7 Å². The van der Waals surface area contributed by atoms with E-state index in [1.807, 2.05) is 0 Å². The first-order valence-electron chi connectivity index (χ1n) is 9.53. The Morgan fingerprint density at radius 1 is 1.00 bits per heavy atom. The fourth-order valence-electron chi connectivity index (χ4n) is 3.36. The molecule has 7 nitrogen and oxygen atoms in total. The molecule has 2 heterocycles. The molecule has 3 N–H and O–H groups in total. The maximum Gasteiger partial charge on any atom is 0.270 e. The highest BCUT2D eigenvalue weighted by Crippen LogP contribution is 2.24. The lowest BCUT2D eigenvalue weighted by Gasteiger charge is -2.34. The third-order valence-corrected chi connectivity index (χ3v) is 5.64. The fourth-order valence-corrected chi connectivity index (χ4v) is 3.97. The minimum absolute atomic E-state index is 0.321. The smallest absolute Gasteiger partial charge is 0.270 e. The van der Waals surface area contributed by atoms with Gasteiger partial charge in [-0.3, -0.25) is 19.8 Å². The van der Waals surface area contributed by atoms with Crippen molar-refractivity contribution in [2.75, 3.05) is 43.4 Å². The molecular weight excluding hydrogens is 466 g/mol. The van der Waals surface area contributed by atoms with E-state index < -0.39 is 0 Å². The summed E-state index contributed by atoms with van der Waals surface area (Å²) in [6, 6.07) is 11.4. The summed E-state index contributed by atoms with van der Waals surface area (Å²) in [5.74, 6) is 0. The molecule has 0 unspecified atom stereocenters. The number of hydrogen-bond donors (Lipinski definition) is 3. The van der Waals surface area contributed by atoms with Gasteiger partial charge in [0.15, 0.2) is 0 Å². The molecule has 0 spiro atoms. The number of nitrogens with one attached hydrogen (secondary N) is 3. The van der Waals surface area contributed by atoms with E-state index >= 15 is 0 Å². The lowest BCUT2D eigenvalue weighted by Crippen LogP contribution is -2.44. The molecular formula is C21H24BrN5O2S. The average molecular weight is 490 g/mol. The van der Waals surface area contributed by atoms with Gasteiger partial charge in [-0.25, -0.2) is 0 Å². The normalized spacial score (nSPS) is 14.2. The number of piperazine rings is 1. The highest BCUT2D eigenvalue weighted by Gasteiger charge is 2.15. The number of aryl methyl sites for hydroxylation is 1. The average Bonchev–Trinajstić information content (AvgIpc) is 2.73. The number of likely N-dealkylation sites (N-methyl/N-ethyl adjacent to an activating group) is 1. The molecule has 0 amide bonds. The first kappa shape index (κ1) is 22.2. The molecule has 1 fully saturated rings. The molecule has 4 rings (SSSR count). The molecule has 1 saturated heterocycles. The Morgan fingerprint density at radius 3 is 2.30 bits per heavy atom. The summed E-state index contributed by atoms with van der Waals surface area (Å²) in [7, 11) is 2.19. The molecule has 1 aliphatic heterocycles. The second kappa shape index (κ2) is 10.0. The second-order valence-corrected chi connectivity index (χ2v) is 8.30. The van der Waals surface area contributed by atoms with Crippen LogP contribution in [0.5, 0.6) is 0 Å². The van der Waals surface area contributed by atoms with Crippen molar-refractivity contribution in [3.63, 3.8) is 0 Å². The van der Waals surface area contributed by atoms with Crippen molar-refractivity contribution in [2.45, 2.75) is 6.92 Å². The standard InChI is InChI=1S/C12H17BrN2.C9H7N3O2S/c1-10-9-11(13)3-4-12(10)15-7-5-14(2)6-8-15;13-8-6-2-1-5(10-4-15)3-7(6)9(14)12-11-8/h3-4,9H,5-8H2,1-2H3;1-4H,(H,10,15)(H,11,13)(H,12,14). The monoisotopic (exact) mass is 489 g/mol. The first-order chi connectivity index (χ1) is 14.4. The Bertz CT molecular complexity index is 1150. The number of anilines is 2. The van der Waals surface area contributed by atoms with Crippen LogP contribution in [0.1, 0.15) is 5.56 Å². The van der Waals surface area contributed by atoms with E-state index in [1.54, 1.807) is 18.2 Å². The molecule has 30 heavy (non-hydrogen) atoms. The number of rotatable bonds is 3. The Labute approximate surface area is 188 Å². The van der Waals surface area contributed by atoms with Crippen LogP contribution in [-0.4, -0.2) is 53.8 Å². The van der Waals surface area contributed by atoms with Crippen LogP contribution in [0.4, 0.5) is 11.4 Å². The van der Waals surface area contributed by atoms with Crippen LogP contribution in [0.15, 0.2) is 50.5 Å². The Hall–Kier alpha value is -2.49. The predicted molar refractivity (Wildman–Crippen MR) is 131 cm³/mol. The van der Waals surface area contributed by atoms with Crippen molar-refractivity contribution < 1.29 is 0 Å². The van der Waals surface area contributed by atoms with Crippen molar-refractivity contribution in [1.29, 1.82) is 0 Å². The quantitative estimate of drug-likeness (QED) is 0.490. The zero-order valence-electron chi connectivity index (χ0n) is 16.9. The summed E-state index contributed by atoms with van der Waals surface area (Å²) in [6.07, 6.45) is 0. The topological polar surface area (TPSA) is 84.2 Å². The van der Waals surface area contributed by atoms with Gasteiger partial charge in [0.05, 0.1) is 16.3 Å². The SMILES string of the molecule is Cc1cc(Br)ccc1N1CCN(C)CC1.O=c1[nH][nH]c(=O)c2cc(NC=S)ccc12. The number of hydrogen-bond acceptors (Lipinski definition) is 5. The van der Waals surface area contributed by atoms with Crippen molar-refractivity contribution in [2.24, 2.45) is 0 Å². The van der Waals surface area contributed by atoms with Gasteiger partial charge in [0, 0.05) is 42.0 Å². The van der Waals surface area contributed by atoms with Crippen molar-refractivity contribution in [1.82, 2.24) is 15.1 Å². The lowest BCUT2D eigenvalue weighted by molar-refractivity contribution is 0.312. The van der Waals surface area contributed by atoms with E-state index in [9.17, 15) is 9.59 Å². The number of H-pyrrole nitrogens is 2. The number of halogens is 1. The Balaban J connectivity index is 0.000000171. The van der Waals surface area contributed by atoms with Crippen LogP contribution in [0.25, 0.3) is 10.8 Å². The molecule has 2 aromatic carbocycles. The minimum atomic E-state index is -0.336. The molecule has 9 heteroatoms. The molecule has 0 saturated carbocycles. The van der Waals surface area contributed by atoms with E-state index in [0.29, 0.717) is 16.5 Å². The Kier molecular flexibility index (Phi) is 7.41. The van der Waals surface area contributed by atoms with Crippen LogP contribution in [-0.2, 0) is 0 Å². The van der Waals surface area contributed by atoms with E-state index in [4.69, 9.17) is 0 Å².